The Morgan fingerprint density at radius 3 is 2.20 bits per heavy atom. The zero-order chi connectivity index (χ0) is 24.5. The van der Waals surface area contributed by atoms with Gasteiger partial charge in [-0.1, -0.05) is 26.2 Å². The third kappa shape index (κ3) is 6.86. The van der Waals surface area contributed by atoms with Crippen LogP contribution in [0.15, 0.2) is 98.3 Å². The second-order valence-electron chi connectivity index (χ2n) is 7.99. The van der Waals surface area contributed by atoms with E-state index in [0.717, 1.165) is 12.2 Å². The topological polar surface area (TPSA) is 90.5 Å². The van der Waals surface area contributed by atoms with E-state index in [2.05, 4.69) is 17.2 Å². The Hall–Kier alpha value is -4.26. The van der Waals surface area contributed by atoms with Crippen molar-refractivity contribution in [2.75, 3.05) is 6.61 Å². The number of carbonyl (C=O) groups is 1. The third-order valence-electron chi connectivity index (χ3n) is 5.29. The number of hydrogen-bond acceptors (Lipinski definition) is 7. The lowest BCUT2D eigenvalue weighted by atomic mass is 10.2. The zero-order valence-corrected chi connectivity index (χ0v) is 19.5. The maximum atomic E-state index is 12.5. The summed E-state index contributed by atoms with van der Waals surface area (Å²) in [6, 6.07) is 21.9. The predicted molar refractivity (Wildman–Crippen MR) is 134 cm³/mol. The molecule has 7 heteroatoms. The summed E-state index contributed by atoms with van der Waals surface area (Å²) < 4.78 is 16.3. The van der Waals surface area contributed by atoms with Gasteiger partial charge in [-0.15, -0.1) is 0 Å². The molecule has 0 aliphatic heterocycles. The molecule has 3 aromatic carbocycles. The van der Waals surface area contributed by atoms with Gasteiger partial charge >= 0.3 is 11.6 Å². The molecule has 0 aliphatic carbocycles. The molecule has 4 aromatic rings. The minimum Gasteiger partial charge on any atom is -0.494 e. The molecule has 0 fully saturated rings. The molecule has 0 unspecified atom stereocenters. The number of nitrogens with zero attached hydrogens (tertiary/aromatic N) is 2. The van der Waals surface area contributed by atoms with E-state index in [4.69, 9.17) is 13.9 Å². The van der Waals surface area contributed by atoms with Gasteiger partial charge in [0, 0.05) is 11.5 Å². The summed E-state index contributed by atoms with van der Waals surface area (Å²) in [5.74, 6) is 0.670. The van der Waals surface area contributed by atoms with Crippen LogP contribution in [-0.4, -0.2) is 12.6 Å². The quantitative estimate of drug-likeness (QED) is 0.0792. The Morgan fingerprint density at radius 2 is 1.49 bits per heavy atom. The Bertz CT molecular complexity index is 1360. The van der Waals surface area contributed by atoms with E-state index in [1.54, 1.807) is 48.5 Å². The van der Waals surface area contributed by atoms with Crippen molar-refractivity contribution in [2.24, 2.45) is 10.2 Å². The largest absolute Gasteiger partial charge is 0.494 e. The van der Waals surface area contributed by atoms with E-state index in [1.165, 1.54) is 25.3 Å². The summed E-state index contributed by atoms with van der Waals surface area (Å²) in [5, 5.41) is 9.13. The van der Waals surface area contributed by atoms with E-state index in [9.17, 15) is 9.59 Å². The van der Waals surface area contributed by atoms with Gasteiger partial charge in [0.25, 0.3) is 0 Å². The number of carbonyl (C=O) groups excluding carboxylic acids is 1. The molecule has 1 aromatic heterocycles. The zero-order valence-electron chi connectivity index (χ0n) is 19.5. The number of ether oxygens (including phenoxy) is 2. The maximum Gasteiger partial charge on any atom is 0.343 e. The Morgan fingerprint density at radius 1 is 0.800 bits per heavy atom. The van der Waals surface area contributed by atoms with E-state index in [-0.39, 0.29) is 0 Å². The van der Waals surface area contributed by atoms with Gasteiger partial charge in [0.05, 0.1) is 23.5 Å². The van der Waals surface area contributed by atoms with Crippen LogP contribution in [-0.2, 0) is 0 Å². The molecule has 35 heavy (non-hydrogen) atoms. The minimum absolute atomic E-state index is 0.355. The van der Waals surface area contributed by atoms with Crippen molar-refractivity contribution in [3.63, 3.8) is 0 Å². The molecule has 0 aliphatic rings. The Balaban J connectivity index is 1.31. The molecular weight excluding hydrogens is 444 g/mol. The van der Waals surface area contributed by atoms with Crippen molar-refractivity contribution >= 4 is 28.3 Å². The van der Waals surface area contributed by atoms with Crippen molar-refractivity contribution in [3.8, 4) is 11.5 Å². The van der Waals surface area contributed by atoms with Crippen molar-refractivity contribution in [2.45, 2.75) is 32.6 Å². The van der Waals surface area contributed by atoms with Crippen LogP contribution >= 0.6 is 0 Å². The number of rotatable bonds is 10. The smallest absolute Gasteiger partial charge is 0.343 e. The van der Waals surface area contributed by atoms with Crippen LogP contribution in [0, 0.1) is 0 Å². The molecule has 4 rings (SSSR count). The number of unbranched alkanes of at least 4 members (excludes halogenated alkanes) is 3. The first-order chi connectivity index (χ1) is 17.1. The second-order valence-corrected chi connectivity index (χ2v) is 7.99. The van der Waals surface area contributed by atoms with Gasteiger partial charge in [0.1, 0.15) is 17.1 Å². The number of benzene rings is 3. The third-order valence-corrected chi connectivity index (χ3v) is 5.29. The van der Waals surface area contributed by atoms with Gasteiger partial charge in [-0.2, -0.15) is 10.2 Å². The van der Waals surface area contributed by atoms with Crippen LogP contribution in [0.3, 0.4) is 0 Å². The first-order valence-electron chi connectivity index (χ1n) is 11.6. The van der Waals surface area contributed by atoms with Crippen molar-refractivity contribution in [1.29, 1.82) is 0 Å². The first kappa shape index (κ1) is 23.9. The fraction of sp³-hybridized carbons (Fsp3) is 0.214. The number of fused-ring (bicyclic) bond motifs is 1. The van der Waals surface area contributed by atoms with E-state index >= 15 is 0 Å². The predicted octanol–water partition coefficient (Wildman–Crippen LogP) is 7.39. The van der Waals surface area contributed by atoms with Crippen molar-refractivity contribution in [3.05, 3.63) is 94.8 Å². The Labute approximate surface area is 203 Å². The molecule has 0 spiro atoms. The molecule has 0 N–H and O–H groups in total. The molecule has 1 heterocycles. The first-order valence-corrected chi connectivity index (χ1v) is 11.6. The van der Waals surface area contributed by atoms with Crippen LogP contribution in [0.2, 0.25) is 0 Å². The monoisotopic (exact) mass is 470 g/mol. The van der Waals surface area contributed by atoms with Gasteiger partial charge in [-0.25, -0.2) is 9.59 Å². The fourth-order valence-corrected chi connectivity index (χ4v) is 3.39. The molecule has 0 amide bonds. The lowest BCUT2D eigenvalue weighted by Crippen LogP contribution is -2.08. The van der Waals surface area contributed by atoms with Gasteiger partial charge in [-0.05, 0) is 79.2 Å². The molecule has 0 radical (unpaired) electrons. The molecule has 7 nitrogen and oxygen atoms in total. The van der Waals surface area contributed by atoms with Gasteiger partial charge in [-0.3, -0.25) is 0 Å². The summed E-state index contributed by atoms with van der Waals surface area (Å²) in [5.41, 5.74) is 1.69. The molecular formula is C28H26N2O5. The standard InChI is InChI=1S/C28H26N2O5/c1-2-3-4-5-18-33-24-13-11-23(12-14-24)30-29-22-9-6-20(7-10-22)28(32)34-25-15-16-26-21(19-25)8-17-27(31)35-26/h6-17,19H,2-5,18H2,1H3. The van der Waals surface area contributed by atoms with Gasteiger partial charge < -0.3 is 13.9 Å². The lowest BCUT2D eigenvalue weighted by molar-refractivity contribution is 0.0735. The highest BCUT2D eigenvalue weighted by atomic mass is 16.5. The van der Waals surface area contributed by atoms with Crippen LogP contribution in [0.4, 0.5) is 11.4 Å². The van der Waals surface area contributed by atoms with Crippen LogP contribution in [0.5, 0.6) is 11.5 Å². The Kier molecular flexibility index (Phi) is 8.01. The highest BCUT2D eigenvalue weighted by Gasteiger charge is 2.10. The minimum atomic E-state index is -0.504. The average Bonchev–Trinajstić information content (AvgIpc) is 2.88. The SMILES string of the molecule is CCCCCCOc1ccc(N=Nc2ccc(C(=O)Oc3ccc4oc(=O)ccc4c3)cc2)cc1. The highest BCUT2D eigenvalue weighted by molar-refractivity contribution is 5.92. The normalized spacial score (nSPS) is 11.1. The number of hydrogen-bond donors (Lipinski definition) is 0. The number of esters is 1. The van der Waals surface area contributed by atoms with Crippen LogP contribution in [0.1, 0.15) is 43.0 Å². The van der Waals surface area contributed by atoms with Crippen molar-refractivity contribution < 1.29 is 18.7 Å². The van der Waals surface area contributed by atoms with Gasteiger partial charge in [0.15, 0.2) is 0 Å². The summed E-state index contributed by atoms with van der Waals surface area (Å²) in [6.45, 7) is 2.91. The van der Waals surface area contributed by atoms with Crippen LogP contribution < -0.4 is 15.1 Å². The van der Waals surface area contributed by atoms with Crippen LogP contribution in [0.25, 0.3) is 11.0 Å². The number of azo groups is 1. The van der Waals surface area contributed by atoms with Crippen molar-refractivity contribution in [1.82, 2.24) is 0 Å². The summed E-state index contributed by atoms with van der Waals surface area (Å²) in [6.07, 6.45) is 4.68. The molecule has 0 bridgehead atoms. The van der Waals surface area contributed by atoms with E-state index < -0.39 is 11.6 Å². The molecule has 0 atom stereocenters. The molecule has 178 valence electrons. The highest BCUT2D eigenvalue weighted by Crippen LogP contribution is 2.23. The summed E-state index contributed by atoms with van der Waals surface area (Å²) >= 11 is 0. The molecule has 0 saturated heterocycles. The molecule has 0 saturated carbocycles. The maximum absolute atomic E-state index is 12.5. The van der Waals surface area contributed by atoms with E-state index in [1.807, 2.05) is 24.3 Å². The second kappa shape index (κ2) is 11.7. The van der Waals surface area contributed by atoms with E-state index in [0.29, 0.717) is 40.3 Å². The van der Waals surface area contributed by atoms with Gasteiger partial charge in [0.2, 0.25) is 0 Å². The lowest BCUT2D eigenvalue weighted by Gasteiger charge is -2.06. The summed E-state index contributed by atoms with van der Waals surface area (Å²) in [7, 11) is 0. The average molecular weight is 471 g/mol. The fourth-order valence-electron chi connectivity index (χ4n) is 3.39. The summed E-state index contributed by atoms with van der Waals surface area (Å²) in [4.78, 5) is 23.8.